The Hall–Kier alpha value is -1.26. The van der Waals surface area contributed by atoms with Gasteiger partial charge in [0.05, 0.1) is 6.54 Å². The van der Waals surface area contributed by atoms with E-state index in [-0.39, 0.29) is 18.5 Å². The van der Waals surface area contributed by atoms with E-state index in [9.17, 15) is 9.59 Å². The molecule has 0 bridgehead atoms. The van der Waals surface area contributed by atoms with Gasteiger partial charge in [-0.2, -0.15) is 0 Å². The van der Waals surface area contributed by atoms with Gasteiger partial charge in [0.15, 0.2) is 0 Å². The first-order valence-electron chi connectivity index (χ1n) is 7.29. The molecule has 5 heteroatoms. The maximum Gasteiger partial charge on any atom is 0.314 e. The molecule has 0 aromatic heterocycles. The van der Waals surface area contributed by atoms with E-state index in [1.807, 2.05) is 4.90 Å². The summed E-state index contributed by atoms with van der Waals surface area (Å²) >= 11 is 0. The number of hydrogen-bond acceptors (Lipinski definition) is 2. The Kier molecular flexibility index (Phi) is 6.67. The lowest BCUT2D eigenvalue weighted by Crippen LogP contribution is -2.47. The van der Waals surface area contributed by atoms with Crippen molar-refractivity contribution in [3.05, 3.63) is 0 Å². The highest BCUT2D eigenvalue weighted by atomic mass is 16.2. The van der Waals surface area contributed by atoms with Crippen molar-refractivity contribution in [3.63, 3.8) is 0 Å². The Morgan fingerprint density at radius 2 is 2.00 bits per heavy atom. The third-order valence-electron chi connectivity index (χ3n) is 3.57. The van der Waals surface area contributed by atoms with Crippen LogP contribution in [0.15, 0.2) is 0 Å². The summed E-state index contributed by atoms with van der Waals surface area (Å²) in [6.07, 6.45) is 5.60. The van der Waals surface area contributed by atoms with E-state index in [1.165, 1.54) is 12.8 Å². The van der Waals surface area contributed by atoms with Crippen molar-refractivity contribution in [1.82, 2.24) is 15.5 Å². The molecule has 3 amide bonds. The lowest BCUT2D eigenvalue weighted by molar-refractivity contribution is -0.132. The van der Waals surface area contributed by atoms with Crippen LogP contribution in [0.3, 0.4) is 0 Å². The number of likely N-dealkylation sites (tertiary alicyclic amines) is 1. The van der Waals surface area contributed by atoms with Crippen LogP contribution in [-0.2, 0) is 4.79 Å². The number of rotatable bonds is 4. The van der Waals surface area contributed by atoms with Gasteiger partial charge in [-0.1, -0.05) is 26.7 Å². The zero-order valence-corrected chi connectivity index (χ0v) is 12.4. The molecule has 1 saturated heterocycles. The summed E-state index contributed by atoms with van der Waals surface area (Å²) in [6.45, 7) is 5.30. The first kappa shape index (κ1) is 15.8. The number of urea groups is 1. The minimum absolute atomic E-state index is 0.0381. The molecule has 0 aliphatic carbocycles. The largest absolute Gasteiger partial charge is 0.341 e. The number of amides is 3. The summed E-state index contributed by atoms with van der Waals surface area (Å²) in [4.78, 5) is 25.4. The summed E-state index contributed by atoms with van der Waals surface area (Å²) in [5, 5.41) is 5.04. The number of nitrogens with one attached hydrogen (secondary N) is 2. The van der Waals surface area contributed by atoms with Gasteiger partial charge in [-0.3, -0.25) is 4.79 Å². The van der Waals surface area contributed by atoms with Crippen molar-refractivity contribution in [2.75, 3.05) is 20.1 Å². The molecule has 5 nitrogen and oxygen atoms in total. The molecule has 0 unspecified atom stereocenters. The summed E-state index contributed by atoms with van der Waals surface area (Å²) < 4.78 is 0. The van der Waals surface area contributed by atoms with Crippen LogP contribution in [-0.4, -0.2) is 43.0 Å². The zero-order valence-electron chi connectivity index (χ0n) is 12.4. The second-order valence-corrected chi connectivity index (χ2v) is 5.65. The summed E-state index contributed by atoms with van der Waals surface area (Å²) in [7, 11) is 1.55. The van der Waals surface area contributed by atoms with E-state index in [0.29, 0.717) is 12.0 Å². The molecule has 0 spiro atoms. The second-order valence-electron chi connectivity index (χ2n) is 5.65. The monoisotopic (exact) mass is 269 g/mol. The molecule has 1 aliphatic rings. The fourth-order valence-electron chi connectivity index (χ4n) is 2.64. The number of hydrogen-bond donors (Lipinski definition) is 2. The maximum absolute atomic E-state index is 12.2. The van der Waals surface area contributed by atoms with Crippen molar-refractivity contribution in [1.29, 1.82) is 0 Å². The van der Waals surface area contributed by atoms with Gasteiger partial charge in [0.2, 0.25) is 5.91 Å². The van der Waals surface area contributed by atoms with Crippen LogP contribution >= 0.6 is 0 Å². The Bertz CT molecular complexity index is 305. The first-order valence-corrected chi connectivity index (χ1v) is 7.29. The van der Waals surface area contributed by atoms with Crippen LogP contribution in [0.25, 0.3) is 0 Å². The normalized spacial score (nSPS) is 20.0. The third kappa shape index (κ3) is 5.49. The van der Waals surface area contributed by atoms with Gasteiger partial charge in [-0.05, 0) is 25.2 Å². The topological polar surface area (TPSA) is 61.4 Å². The highest BCUT2D eigenvalue weighted by Crippen LogP contribution is 2.22. The number of nitrogens with zero attached hydrogens (tertiary/aromatic N) is 1. The predicted molar refractivity (Wildman–Crippen MR) is 75.9 cm³/mol. The molecule has 1 atom stereocenters. The molecule has 2 N–H and O–H groups in total. The lowest BCUT2D eigenvalue weighted by Gasteiger charge is -2.31. The number of carbonyl (C=O) groups excluding carboxylic acids is 2. The minimum atomic E-state index is -0.302. The van der Waals surface area contributed by atoms with Crippen LogP contribution in [0.5, 0.6) is 0 Å². The summed E-state index contributed by atoms with van der Waals surface area (Å²) in [5.74, 6) is 0.626. The van der Waals surface area contributed by atoms with Crippen LogP contribution in [0, 0.1) is 5.92 Å². The first-order chi connectivity index (χ1) is 9.04. The van der Waals surface area contributed by atoms with Crippen molar-refractivity contribution in [2.45, 2.75) is 52.0 Å². The SMILES string of the molecule is CNC(=O)NCC(=O)N1CCCCC[C@@H]1CC(C)C. The highest BCUT2D eigenvalue weighted by molar-refractivity contribution is 5.84. The van der Waals surface area contributed by atoms with E-state index >= 15 is 0 Å². The molecule has 0 aromatic carbocycles. The van der Waals surface area contributed by atoms with E-state index < -0.39 is 0 Å². The van der Waals surface area contributed by atoms with Crippen LogP contribution in [0.4, 0.5) is 4.79 Å². The average Bonchev–Trinajstić information content (AvgIpc) is 2.60. The molecule has 0 saturated carbocycles. The number of carbonyl (C=O) groups is 2. The molecular weight excluding hydrogens is 242 g/mol. The average molecular weight is 269 g/mol. The van der Waals surface area contributed by atoms with E-state index in [2.05, 4.69) is 24.5 Å². The second kappa shape index (κ2) is 8.02. The fourth-order valence-corrected chi connectivity index (χ4v) is 2.64. The smallest absolute Gasteiger partial charge is 0.314 e. The van der Waals surface area contributed by atoms with Gasteiger partial charge in [0, 0.05) is 19.6 Å². The standard InChI is InChI=1S/C14H27N3O2/c1-11(2)9-12-7-5-4-6-8-17(12)13(18)10-16-14(19)15-3/h11-12H,4-10H2,1-3H3,(H2,15,16,19)/t12-/m1/s1. The minimum Gasteiger partial charge on any atom is -0.341 e. The predicted octanol–water partition coefficient (Wildman–Crippen LogP) is 1.73. The van der Waals surface area contributed by atoms with E-state index in [1.54, 1.807) is 7.05 Å². The Morgan fingerprint density at radius 1 is 1.26 bits per heavy atom. The summed E-state index contributed by atoms with van der Waals surface area (Å²) in [6, 6.07) is 0.0325. The Labute approximate surface area is 116 Å². The van der Waals surface area contributed by atoms with Crippen molar-refractivity contribution in [3.8, 4) is 0 Å². The maximum atomic E-state index is 12.2. The van der Waals surface area contributed by atoms with E-state index in [4.69, 9.17) is 0 Å². The van der Waals surface area contributed by atoms with Gasteiger partial charge in [0.1, 0.15) is 0 Å². The lowest BCUT2D eigenvalue weighted by atomic mass is 9.99. The molecule has 1 fully saturated rings. The molecule has 110 valence electrons. The summed E-state index contributed by atoms with van der Waals surface area (Å²) in [5.41, 5.74) is 0. The molecule has 1 aliphatic heterocycles. The van der Waals surface area contributed by atoms with Gasteiger partial charge in [0.25, 0.3) is 0 Å². The van der Waals surface area contributed by atoms with Gasteiger partial charge in [-0.25, -0.2) is 4.79 Å². The zero-order chi connectivity index (χ0) is 14.3. The Morgan fingerprint density at radius 3 is 2.63 bits per heavy atom. The van der Waals surface area contributed by atoms with Crippen LogP contribution < -0.4 is 10.6 Å². The molecule has 0 aromatic rings. The van der Waals surface area contributed by atoms with Gasteiger partial charge >= 0.3 is 6.03 Å². The highest BCUT2D eigenvalue weighted by Gasteiger charge is 2.25. The molecular formula is C14H27N3O2. The van der Waals surface area contributed by atoms with E-state index in [0.717, 1.165) is 25.8 Å². The van der Waals surface area contributed by atoms with Crippen molar-refractivity contribution < 1.29 is 9.59 Å². The Balaban J connectivity index is 2.57. The molecule has 1 heterocycles. The quantitative estimate of drug-likeness (QED) is 0.816. The molecule has 0 radical (unpaired) electrons. The van der Waals surface area contributed by atoms with Gasteiger partial charge < -0.3 is 15.5 Å². The third-order valence-corrected chi connectivity index (χ3v) is 3.57. The molecule has 19 heavy (non-hydrogen) atoms. The van der Waals surface area contributed by atoms with Crippen molar-refractivity contribution >= 4 is 11.9 Å². The molecule has 1 rings (SSSR count). The van der Waals surface area contributed by atoms with Crippen molar-refractivity contribution in [2.24, 2.45) is 5.92 Å². The fraction of sp³-hybridized carbons (Fsp3) is 0.857. The van der Waals surface area contributed by atoms with Crippen LogP contribution in [0.1, 0.15) is 46.0 Å². The van der Waals surface area contributed by atoms with Crippen LogP contribution in [0.2, 0.25) is 0 Å². The van der Waals surface area contributed by atoms with Gasteiger partial charge in [-0.15, -0.1) is 0 Å².